The number of hydrogen-bond acceptors (Lipinski definition) is 6. The first-order valence-electron chi connectivity index (χ1n) is 6.28. The number of carbonyl (C=O) groups excluding carboxylic acids is 1. The number of carbonyl (C=O) groups is 1. The van der Waals surface area contributed by atoms with Crippen LogP contribution in [0.2, 0.25) is 0 Å². The smallest absolute Gasteiger partial charge is 0.312 e. The van der Waals surface area contributed by atoms with Crippen molar-refractivity contribution < 1.29 is 19.7 Å². The molecular weight excluding hydrogens is 276 g/mol. The molecule has 0 radical (unpaired) electrons. The lowest BCUT2D eigenvalue weighted by Crippen LogP contribution is -2.28. The molecule has 0 aliphatic carbocycles. The zero-order valence-corrected chi connectivity index (χ0v) is 12.0. The van der Waals surface area contributed by atoms with Gasteiger partial charge in [-0.15, -0.1) is 0 Å². The summed E-state index contributed by atoms with van der Waals surface area (Å²) in [7, 11) is 0. The van der Waals surface area contributed by atoms with Gasteiger partial charge in [-0.25, -0.2) is 4.98 Å². The molecule has 0 aliphatic heterocycles. The highest BCUT2D eigenvalue weighted by atomic mass is 16.5. The van der Waals surface area contributed by atoms with Gasteiger partial charge in [0.25, 0.3) is 5.56 Å². The summed E-state index contributed by atoms with van der Waals surface area (Å²) in [6.07, 6.45) is 1.22. The van der Waals surface area contributed by atoms with Crippen LogP contribution in [0.4, 0.5) is 0 Å². The van der Waals surface area contributed by atoms with Gasteiger partial charge in [0, 0.05) is 6.07 Å². The van der Waals surface area contributed by atoms with Crippen molar-refractivity contribution in [1.29, 1.82) is 0 Å². The maximum Gasteiger partial charge on any atom is 0.312 e. The Hall–Kier alpha value is -2.57. The Morgan fingerprint density at radius 3 is 2.52 bits per heavy atom. The van der Waals surface area contributed by atoms with Gasteiger partial charge in [0.05, 0.1) is 16.3 Å². The highest BCUT2D eigenvalue weighted by Crippen LogP contribution is 2.27. The fourth-order valence-electron chi connectivity index (χ4n) is 1.62. The fourth-order valence-corrected chi connectivity index (χ4v) is 1.62. The van der Waals surface area contributed by atoms with Crippen LogP contribution in [0.1, 0.15) is 20.8 Å². The highest BCUT2D eigenvalue weighted by Gasteiger charge is 2.23. The maximum absolute atomic E-state index is 12.2. The minimum absolute atomic E-state index is 0.125. The second kappa shape index (κ2) is 5.08. The summed E-state index contributed by atoms with van der Waals surface area (Å²) in [5.41, 5.74) is -0.900. The van der Waals surface area contributed by atoms with E-state index < -0.39 is 22.7 Å². The number of aromatic hydroxyl groups is 2. The quantitative estimate of drug-likeness (QED) is 0.640. The monoisotopic (exact) mass is 292 g/mol. The standard InChI is InChI=1S/C14H16N2O5/c1-14(2,3)13(20)21-7-16-6-15-9-5-11(18)10(17)4-8(9)12(16)19/h4-6,17-18H,7H2,1-3H3. The molecule has 1 heterocycles. The van der Waals surface area contributed by atoms with Crippen LogP contribution in [-0.2, 0) is 16.3 Å². The van der Waals surface area contributed by atoms with Crippen molar-refractivity contribution in [3.63, 3.8) is 0 Å². The molecule has 0 saturated carbocycles. The van der Waals surface area contributed by atoms with Gasteiger partial charge in [-0.3, -0.25) is 14.2 Å². The van der Waals surface area contributed by atoms with E-state index in [0.717, 1.165) is 10.6 Å². The average molecular weight is 292 g/mol. The van der Waals surface area contributed by atoms with E-state index in [0.29, 0.717) is 0 Å². The van der Waals surface area contributed by atoms with Gasteiger partial charge >= 0.3 is 5.97 Å². The average Bonchev–Trinajstić information content (AvgIpc) is 2.39. The first-order chi connectivity index (χ1) is 9.70. The third kappa shape index (κ3) is 2.96. The zero-order valence-electron chi connectivity index (χ0n) is 12.0. The number of fused-ring (bicyclic) bond motifs is 1. The molecule has 112 valence electrons. The molecule has 7 heteroatoms. The summed E-state index contributed by atoms with van der Waals surface area (Å²) in [6.45, 7) is 4.85. The van der Waals surface area contributed by atoms with Crippen LogP contribution in [0, 0.1) is 5.41 Å². The van der Waals surface area contributed by atoms with Gasteiger partial charge < -0.3 is 14.9 Å². The van der Waals surface area contributed by atoms with Crippen molar-refractivity contribution >= 4 is 16.9 Å². The fraction of sp³-hybridized carbons (Fsp3) is 0.357. The second-order valence-electron chi connectivity index (χ2n) is 5.69. The van der Waals surface area contributed by atoms with Crippen molar-refractivity contribution in [1.82, 2.24) is 9.55 Å². The van der Waals surface area contributed by atoms with E-state index in [2.05, 4.69) is 4.98 Å². The van der Waals surface area contributed by atoms with E-state index in [4.69, 9.17) is 4.74 Å². The van der Waals surface area contributed by atoms with Crippen molar-refractivity contribution in [2.24, 2.45) is 5.41 Å². The number of rotatable bonds is 2. The van der Waals surface area contributed by atoms with Crippen molar-refractivity contribution in [3.05, 3.63) is 28.8 Å². The predicted octanol–water partition coefficient (Wildman–Crippen LogP) is 1.35. The molecule has 0 atom stereocenters. The Balaban J connectivity index is 2.35. The molecule has 21 heavy (non-hydrogen) atoms. The van der Waals surface area contributed by atoms with Crippen molar-refractivity contribution in [3.8, 4) is 11.5 Å². The molecular formula is C14H16N2O5. The maximum atomic E-state index is 12.2. The molecule has 0 amide bonds. The van der Waals surface area contributed by atoms with E-state index in [1.165, 1.54) is 12.4 Å². The number of phenols is 2. The first kappa shape index (κ1) is 14.8. The third-order valence-corrected chi connectivity index (χ3v) is 2.87. The van der Waals surface area contributed by atoms with E-state index in [-0.39, 0.29) is 23.4 Å². The lowest BCUT2D eigenvalue weighted by molar-refractivity contribution is -0.157. The van der Waals surface area contributed by atoms with E-state index >= 15 is 0 Å². The number of aromatic nitrogens is 2. The van der Waals surface area contributed by atoms with Gasteiger partial charge in [-0.2, -0.15) is 0 Å². The largest absolute Gasteiger partial charge is 0.504 e. The predicted molar refractivity (Wildman–Crippen MR) is 74.9 cm³/mol. The van der Waals surface area contributed by atoms with Gasteiger partial charge in [0.1, 0.15) is 6.33 Å². The summed E-state index contributed by atoms with van der Waals surface area (Å²) < 4.78 is 6.16. The lowest BCUT2D eigenvalue weighted by atomic mass is 9.98. The molecule has 2 aromatic rings. The minimum atomic E-state index is -0.669. The summed E-state index contributed by atoms with van der Waals surface area (Å²) >= 11 is 0. The van der Waals surface area contributed by atoms with Crippen LogP contribution in [-0.4, -0.2) is 25.7 Å². The Kier molecular flexibility index (Phi) is 3.59. The molecule has 0 bridgehead atoms. The molecule has 7 nitrogen and oxygen atoms in total. The van der Waals surface area contributed by atoms with Crippen LogP contribution in [0.15, 0.2) is 23.3 Å². The van der Waals surface area contributed by atoms with Crippen LogP contribution in [0.25, 0.3) is 10.9 Å². The van der Waals surface area contributed by atoms with Crippen LogP contribution in [0.5, 0.6) is 11.5 Å². The summed E-state index contributed by atoms with van der Waals surface area (Å²) in [5, 5.41) is 18.9. The normalized spacial score (nSPS) is 11.6. The van der Waals surface area contributed by atoms with E-state index in [1.807, 2.05) is 0 Å². The van der Waals surface area contributed by atoms with Crippen LogP contribution in [0.3, 0.4) is 0 Å². The van der Waals surface area contributed by atoms with E-state index in [9.17, 15) is 19.8 Å². The molecule has 0 unspecified atom stereocenters. The molecule has 0 aliphatic rings. The number of ether oxygens (including phenoxy) is 1. The van der Waals surface area contributed by atoms with Crippen molar-refractivity contribution in [2.75, 3.05) is 0 Å². The highest BCUT2D eigenvalue weighted by molar-refractivity contribution is 5.81. The molecule has 0 saturated heterocycles. The molecule has 0 fully saturated rings. The van der Waals surface area contributed by atoms with Crippen molar-refractivity contribution in [2.45, 2.75) is 27.5 Å². The van der Waals surface area contributed by atoms with Gasteiger partial charge in [0.2, 0.25) is 0 Å². The Morgan fingerprint density at radius 2 is 1.90 bits per heavy atom. The molecule has 0 spiro atoms. The summed E-state index contributed by atoms with van der Waals surface area (Å²) in [4.78, 5) is 27.9. The van der Waals surface area contributed by atoms with Crippen LogP contribution >= 0.6 is 0 Å². The molecule has 2 N–H and O–H groups in total. The Bertz CT molecular complexity index is 758. The Labute approximate surface area is 120 Å². The summed E-state index contributed by atoms with van der Waals surface area (Å²) in [6, 6.07) is 2.32. The number of esters is 1. The minimum Gasteiger partial charge on any atom is -0.504 e. The van der Waals surface area contributed by atoms with Gasteiger partial charge in [-0.05, 0) is 26.8 Å². The topological polar surface area (TPSA) is 102 Å². The SMILES string of the molecule is CC(C)(C)C(=O)OCn1cnc2cc(O)c(O)cc2c1=O. The first-order valence-corrected chi connectivity index (χ1v) is 6.28. The number of nitrogens with zero attached hydrogens (tertiary/aromatic N) is 2. The Morgan fingerprint density at radius 1 is 1.29 bits per heavy atom. The lowest BCUT2D eigenvalue weighted by Gasteiger charge is -2.17. The van der Waals surface area contributed by atoms with Crippen LogP contribution < -0.4 is 5.56 Å². The summed E-state index contributed by atoms with van der Waals surface area (Å²) in [5.74, 6) is -1.21. The zero-order chi connectivity index (χ0) is 15.8. The number of phenolic OH excluding ortho intramolecular Hbond substituents is 2. The third-order valence-electron chi connectivity index (χ3n) is 2.87. The van der Waals surface area contributed by atoms with E-state index in [1.54, 1.807) is 20.8 Å². The molecule has 1 aromatic carbocycles. The van der Waals surface area contributed by atoms with Gasteiger partial charge in [0.15, 0.2) is 18.2 Å². The van der Waals surface area contributed by atoms with Gasteiger partial charge in [-0.1, -0.05) is 0 Å². The number of benzene rings is 1. The molecule has 1 aromatic heterocycles. The molecule has 2 rings (SSSR count). The second-order valence-corrected chi connectivity index (χ2v) is 5.69. The number of hydrogen-bond donors (Lipinski definition) is 2.